The molecule has 0 saturated heterocycles. The molecule has 0 unspecified atom stereocenters. The molecule has 0 aliphatic carbocycles. The Bertz CT molecular complexity index is 959. The lowest BCUT2D eigenvalue weighted by Crippen LogP contribution is -2.16. The fourth-order valence-corrected chi connectivity index (χ4v) is 3.58. The Labute approximate surface area is 119 Å². The van der Waals surface area contributed by atoms with E-state index >= 15 is 0 Å². The maximum absolute atomic E-state index is 13.2. The van der Waals surface area contributed by atoms with Crippen molar-refractivity contribution in [3.63, 3.8) is 0 Å². The molecule has 108 valence electrons. The number of nitrogens with one attached hydrogen (secondary N) is 1. The summed E-state index contributed by atoms with van der Waals surface area (Å²) in [5.41, 5.74) is -0.126. The van der Waals surface area contributed by atoms with Crippen molar-refractivity contribution in [3.8, 4) is 0 Å². The van der Waals surface area contributed by atoms with Crippen molar-refractivity contribution in [1.29, 1.82) is 0 Å². The van der Waals surface area contributed by atoms with Crippen LogP contribution in [0.1, 0.15) is 5.56 Å². The van der Waals surface area contributed by atoms with Crippen LogP contribution in [0.15, 0.2) is 53.6 Å². The molecule has 0 radical (unpaired) electrons. The van der Waals surface area contributed by atoms with E-state index in [0.29, 0.717) is 5.56 Å². The highest BCUT2D eigenvalue weighted by Crippen LogP contribution is 2.16. The minimum atomic E-state index is -3.70. The van der Waals surface area contributed by atoms with Crippen LogP contribution in [-0.2, 0) is 15.8 Å². The maximum Gasteiger partial charge on any atom is 0.244 e. The third-order valence-corrected chi connectivity index (χ3v) is 4.74. The number of halogens is 1. The Morgan fingerprint density at radius 2 is 1.86 bits per heavy atom. The van der Waals surface area contributed by atoms with E-state index in [2.05, 4.69) is 4.98 Å². The Morgan fingerprint density at radius 1 is 1.14 bits per heavy atom. The summed E-state index contributed by atoms with van der Waals surface area (Å²) in [4.78, 5) is 14.1. The number of hydrogen-bond donors (Lipinski definition) is 1. The van der Waals surface area contributed by atoms with E-state index in [9.17, 15) is 17.6 Å². The van der Waals surface area contributed by atoms with E-state index in [1.807, 2.05) is 0 Å². The van der Waals surface area contributed by atoms with Gasteiger partial charge in [-0.3, -0.25) is 4.79 Å². The highest BCUT2D eigenvalue weighted by molar-refractivity contribution is 7.89. The van der Waals surface area contributed by atoms with Gasteiger partial charge in [0, 0.05) is 12.4 Å². The standard InChI is InChI=1S/C14H11FN2O3S/c15-12-8-16-14-11(13(12)18)6-7-17(14)21(19,20)9-10-4-2-1-3-5-10/h1-8H,9H2,(H,16,18). The molecule has 0 aliphatic rings. The molecule has 0 saturated carbocycles. The first-order valence-electron chi connectivity index (χ1n) is 6.14. The monoisotopic (exact) mass is 306 g/mol. The van der Waals surface area contributed by atoms with E-state index < -0.39 is 21.3 Å². The Morgan fingerprint density at radius 3 is 2.57 bits per heavy atom. The summed E-state index contributed by atoms with van der Waals surface area (Å²) in [7, 11) is -3.70. The van der Waals surface area contributed by atoms with Crippen LogP contribution in [0.3, 0.4) is 0 Å². The number of H-pyrrole nitrogens is 1. The largest absolute Gasteiger partial charge is 0.344 e. The van der Waals surface area contributed by atoms with Gasteiger partial charge in [0.25, 0.3) is 0 Å². The molecule has 1 aromatic carbocycles. The number of fused-ring (bicyclic) bond motifs is 1. The summed E-state index contributed by atoms with van der Waals surface area (Å²) < 4.78 is 39.0. The summed E-state index contributed by atoms with van der Waals surface area (Å²) in [6.07, 6.45) is 2.11. The van der Waals surface area contributed by atoms with Crippen molar-refractivity contribution < 1.29 is 12.8 Å². The number of rotatable bonds is 3. The lowest BCUT2D eigenvalue weighted by atomic mass is 10.2. The van der Waals surface area contributed by atoms with Crippen LogP contribution in [0.4, 0.5) is 4.39 Å². The molecule has 3 aromatic rings. The number of aromatic amines is 1. The lowest BCUT2D eigenvalue weighted by Gasteiger charge is -2.07. The van der Waals surface area contributed by atoms with Gasteiger partial charge in [0.1, 0.15) is 5.65 Å². The maximum atomic E-state index is 13.2. The number of benzene rings is 1. The number of pyridine rings is 1. The molecular formula is C14H11FN2O3S. The molecule has 0 aliphatic heterocycles. The van der Waals surface area contributed by atoms with E-state index in [1.54, 1.807) is 30.3 Å². The molecule has 0 bridgehead atoms. The van der Waals surface area contributed by atoms with Gasteiger partial charge in [0.2, 0.25) is 15.5 Å². The minimum Gasteiger partial charge on any atom is -0.344 e. The third-order valence-electron chi connectivity index (χ3n) is 3.14. The fourth-order valence-electron chi connectivity index (χ4n) is 2.15. The molecule has 21 heavy (non-hydrogen) atoms. The number of nitrogens with zero attached hydrogens (tertiary/aromatic N) is 1. The van der Waals surface area contributed by atoms with Crippen molar-refractivity contribution in [2.45, 2.75) is 5.75 Å². The molecule has 2 heterocycles. The van der Waals surface area contributed by atoms with Crippen molar-refractivity contribution in [1.82, 2.24) is 8.96 Å². The highest BCUT2D eigenvalue weighted by atomic mass is 32.2. The van der Waals surface area contributed by atoms with Gasteiger partial charge in [-0.15, -0.1) is 0 Å². The van der Waals surface area contributed by atoms with Gasteiger partial charge in [-0.1, -0.05) is 30.3 Å². The van der Waals surface area contributed by atoms with Crippen LogP contribution in [0.25, 0.3) is 11.0 Å². The molecule has 0 amide bonds. The summed E-state index contributed by atoms with van der Waals surface area (Å²) in [6, 6.07) is 9.98. The topological polar surface area (TPSA) is 71.9 Å². The second-order valence-electron chi connectivity index (χ2n) is 4.58. The van der Waals surface area contributed by atoms with Crippen LogP contribution in [0.5, 0.6) is 0 Å². The third kappa shape index (κ3) is 2.36. The second kappa shape index (κ2) is 4.85. The fraction of sp³-hybridized carbons (Fsp3) is 0.0714. The highest BCUT2D eigenvalue weighted by Gasteiger charge is 2.19. The zero-order valence-electron chi connectivity index (χ0n) is 10.8. The van der Waals surface area contributed by atoms with Gasteiger partial charge in [-0.2, -0.15) is 0 Å². The predicted molar refractivity (Wildman–Crippen MR) is 77.0 cm³/mol. The van der Waals surface area contributed by atoms with E-state index in [-0.39, 0.29) is 16.8 Å². The van der Waals surface area contributed by atoms with E-state index in [1.165, 1.54) is 12.3 Å². The number of aromatic nitrogens is 2. The van der Waals surface area contributed by atoms with Crippen LogP contribution in [0.2, 0.25) is 0 Å². The average Bonchev–Trinajstić information content (AvgIpc) is 2.89. The van der Waals surface area contributed by atoms with Crippen LogP contribution in [-0.4, -0.2) is 17.4 Å². The van der Waals surface area contributed by atoms with Gasteiger partial charge in [0.15, 0.2) is 5.82 Å². The van der Waals surface area contributed by atoms with E-state index in [4.69, 9.17) is 0 Å². The minimum absolute atomic E-state index is 0.00615. The molecule has 0 spiro atoms. The SMILES string of the molecule is O=c1c(F)c[nH]c2c1ccn2S(=O)(=O)Cc1ccccc1. The van der Waals surface area contributed by atoms with Crippen molar-refractivity contribution in [2.75, 3.05) is 0 Å². The lowest BCUT2D eigenvalue weighted by molar-refractivity contribution is 0.587. The number of hydrogen-bond acceptors (Lipinski definition) is 3. The summed E-state index contributed by atoms with van der Waals surface area (Å²) in [6.45, 7) is 0. The zero-order chi connectivity index (χ0) is 15.0. The normalized spacial score (nSPS) is 11.9. The molecular weight excluding hydrogens is 295 g/mol. The Hall–Kier alpha value is -2.41. The summed E-state index contributed by atoms with van der Waals surface area (Å²) >= 11 is 0. The molecule has 1 N–H and O–H groups in total. The molecule has 7 heteroatoms. The van der Waals surface area contributed by atoms with Crippen LogP contribution in [0, 0.1) is 5.82 Å². The molecule has 0 atom stereocenters. The molecule has 2 aromatic heterocycles. The predicted octanol–water partition coefficient (Wildman–Crippen LogP) is 1.85. The van der Waals surface area contributed by atoms with Crippen molar-refractivity contribution in [2.24, 2.45) is 0 Å². The Balaban J connectivity index is 2.12. The first kappa shape index (κ1) is 13.6. The summed E-state index contributed by atoms with van der Waals surface area (Å²) in [5, 5.41) is 0.00615. The van der Waals surface area contributed by atoms with E-state index in [0.717, 1.165) is 10.2 Å². The Kier molecular flexibility index (Phi) is 3.13. The molecule has 5 nitrogen and oxygen atoms in total. The van der Waals surface area contributed by atoms with Gasteiger partial charge in [-0.25, -0.2) is 16.8 Å². The van der Waals surface area contributed by atoms with Gasteiger partial charge in [-0.05, 0) is 11.6 Å². The van der Waals surface area contributed by atoms with Crippen molar-refractivity contribution in [3.05, 3.63) is 70.4 Å². The zero-order valence-corrected chi connectivity index (χ0v) is 11.6. The quantitative estimate of drug-likeness (QED) is 0.802. The summed E-state index contributed by atoms with van der Waals surface area (Å²) in [5.74, 6) is -1.16. The van der Waals surface area contributed by atoms with Crippen LogP contribution >= 0.6 is 0 Å². The second-order valence-corrected chi connectivity index (χ2v) is 6.43. The van der Waals surface area contributed by atoms with Crippen molar-refractivity contribution >= 4 is 21.1 Å². The van der Waals surface area contributed by atoms with Gasteiger partial charge in [0.05, 0.1) is 11.1 Å². The first-order chi connectivity index (χ1) is 9.99. The molecule has 3 rings (SSSR count). The average molecular weight is 306 g/mol. The first-order valence-corrected chi connectivity index (χ1v) is 7.75. The van der Waals surface area contributed by atoms with Gasteiger partial charge >= 0.3 is 0 Å². The van der Waals surface area contributed by atoms with Crippen LogP contribution < -0.4 is 5.43 Å². The molecule has 0 fully saturated rings. The smallest absolute Gasteiger partial charge is 0.244 e. The van der Waals surface area contributed by atoms with Gasteiger partial charge < -0.3 is 4.98 Å².